The molecule has 56 heavy (non-hydrogen) atoms. The Balaban J connectivity index is 1.35. The van der Waals surface area contributed by atoms with E-state index in [1.807, 2.05) is 24.3 Å². The Bertz CT molecular complexity index is 2180. The van der Waals surface area contributed by atoms with E-state index in [1.165, 1.54) is 23.1 Å². The lowest BCUT2D eigenvalue weighted by molar-refractivity contribution is -0.138. The van der Waals surface area contributed by atoms with Crippen molar-refractivity contribution in [1.29, 1.82) is 10.5 Å². The molecule has 2 aliphatic heterocycles. The minimum Gasteiger partial charge on any atom is -0.444 e. The number of benzene rings is 3. The van der Waals surface area contributed by atoms with Crippen molar-refractivity contribution in [3.8, 4) is 12.1 Å². The van der Waals surface area contributed by atoms with Crippen molar-refractivity contribution >= 4 is 69.3 Å². The summed E-state index contributed by atoms with van der Waals surface area (Å²) >= 11 is 11.5. The summed E-state index contributed by atoms with van der Waals surface area (Å²) in [4.78, 5) is 24.1. The van der Waals surface area contributed by atoms with E-state index in [0.29, 0.717) is 51.1 Å². The van der Waals surface area contributed by atoms with Crippen molar-refractivity contribution in [3.05, 3.63) is 82.9 Å². The third-order valence-electron chi connectivity index (χ3n) is 9.62. The average molecular weight is 813 g/mol. The fourth-order valence-electron chi connectivity index (χ4n) is 6.88. The molecular formula is C38H34F6N8O2S2. The minimum atomic E-state index is -4.88. The van der Waals surface area contributed by atoms with Crippen LogP contribution in [-0.4, -0.2) is 64.4 Å². The van der Waals surface area contributed by atoms with Gasteiger partial charge in [-0.05, 0) is 125 Å². The van der Waals surface area contributed by atoms with Crippen LogP contribution in [0.3, 0.4) is 0 Å². The zero-order valence-electron chi connectivity index (χ0n) is 30.3. The molecule has 3 aromatic rings. The second-order valence-corrected chi connectivity index (χ2v) is 15.1. The molecule has 2 saturated heterocycles. The highest BCUT2D eigenvalue weighted by Crippen LogP contribution is 2.49. The van der Waals surface area contributed by atoms with Gasteiger partial charge in [-0.25, -0.2) is 9.79 Å². The number of anilines is 4. The third-order valence-corrected chi connectivity index (χ3v) is 10.2. The number of hydrogen-bond acceptors (Lipinski definition) is 7. The van der Waals surface area contributed by atoms with Gasteiger partial charge in [0, 0.05) is 43.2 Å². The molecule has 1 amide bonds. The summed E-state index contributed by atoms with van der Waals surface area (Å²) in [6, 6.07) is 16.6. The molecule has 10 nitrogen and oxygen atoms in total. The third kappa shape index (κ3) is 7.94. The van der Waals surface area contributed by atoms with Gasteiger partial charge in [0.05, 0.1) is 40.1 Å². The summed E-state index contributed by atoms with van der Waals surface area (Å²) in [6.45, 7) is 7.40. The fraction of sp³-hybridized carbons (Fsp3) is 0.368. The molecule has 1 spiro atoms. The monoisotopic (exact) mass is 812 g/mol. The number of alkyl halides is 6. The van der Waals surface area contributed by atoms with Gasteiger partial charge in [0.1, 0.15) is 17.0 Å². The van der Waals surface area contributed by atoms with Crippen LogP contribution < -0.4 is 20.0 Å². The first-order valence-electron chi connectivity index (χ1n) is 17.4. The van der Waals surface area contributed by atoms with Gasteiger partial charge >= 0.3 is 18.4 Å². The molecule has 0 atom stereocenters. The Morgan fingerprint density at radius 2 is 1.36 bits per heavy atom. The van der Waals surface area contributed by atoms with E-state index < -0.39 is 45.7 Å². The second-order valence-electron chi connectivity index (χ2n) is 14.4. The largest absolute Gasteiger partial charge is 0.444 e. The van der Waals surface area contributed by atoms with E-state index in [4.69, 9.17) is 29.2 Å². The molecule has 3 aromatic carbocycles. The van der Waals surface area contributed by atoms with Gasteiger partial charge in [0.15, 0.2) is 10.2 Å². The van der Waals surface area contributed by atoms with Crippen molar-refractivity contribution in [1.82, 2.24) is 4.90 Å². The SMILES string of the molecule is CC(C)(C)OC(=O)N1CCN(c2ccc(N3C(=S)N(c4ccc(C#N)c(C(F)(F)F)c4)/C(=N\C(=S)Nc4ccc(C#N)c(C(F)(F)F)c4)C34CCC4)cc2)CC1. The summed E-state index contributed by atoms with van der Waals surface area (Å²) in [5.41, 5.74) is -3.87. The summed E-state index contributed by atoms with van der Waals surface area (Å²) < 4.78 is 89.3. The highest BCUT2D eigenvalue weighted by atomic mass is 32.1. The van der Waals surface area contributed by atoms with E-state index >= 15 is 0 Å². The Kier molecular flexibility index (Phi) is 10.7. The Morgan fingerprint density at radius 1 is 0.821 bits per heavy atom. The molecule has 0 unspecified atom stereocenters. The topological polar surface area (TPSA) is 111 Å². The Labute approximate surface area is 329 Å². The molecule has 1 N–H and O–H groups in total. The van der Waals surface area contributed by atoms with Crippen LogP contribution in [0.2, 0.25) is 0 Å². The number of amides is 1. The average Bonchev–Trinajstić information content (AvgIpc) is 3.37. The first-order valence-corrected chi connectivity index (χ1v) is 18.2. The van der Waals surface area contributed by atoms with E-state index in [9.17, 15) is 41.7 Å². The van der Waals surface area contributed by atoms with Crippen molar-refractivity contribution < 1.29 is 35.9 Å². The number of ether oxygens (including phenoxy) is 1. The molecule has 3 fully saturated rings. The van der Waals surface area contributed by atoms with Crippen molar-refractivity contribution in [2.45, 2.75) is 63.5 Å². The zero-order valence-corrected chi connectivity index (χ0v) is 31.9. The van der Waals surface area contributed by atoms with Crippen LogP contribution in [0, 0.1) is 22.7 Å². The lowest BCUT2D eigenvalue weighted by Gasteiger charge is -2.45. The number of piperazine rings is 1. The Hall–Kier alpha value is -5.46. The molecule has 3 aliphatic rings. The number of nitrogens with one attached hydrogen (secondary N) is 1. The van der Waals surface area contributed by atoms with Gasteiger partial charge < -0.3 is 24.8 Å². The maximum Gasteiger partial charge on any atom is 0.417 e. The molecular weight excluding hydrogens is 779 g/mol. The van der Waals surface area contributed by atoms with Crippen LogP contribution in [-0.2, 0) is 17.1 Å². The van der Waals surface area contributed by atoms with Gasteiger partial charge in [-0.1, -0.05) is 0 Å². The number of carbonyl (C=O) groups excluding carboxylic acids is 1. The van der Waals surface area contributed by atoms with Crippen LogP contribution in [0.25, 0.3) is 0 Å². The summed E-state index contributed by atoms with van der Waals surface area (Å²) in [6.07, 6.45) is -8.50. The number of amidine groups is 1. The quantitative estimate of drug-likeness (QED) is 0.203. The maximum absolute atomic E-state index is 14.2. The predicted molar refractivity (Wildman–Crippen MR) is 207 cm³/mol. The molecule has 6 rings (SSSR count). The van der Waals surface area contributed by atoms with Crippen LogP contribution in [0.1, 0.15) is 62.3 Å². The van der Waals surface area contributed by atoms with Crippen molar-refractivity contribution in [2.24, 2.45) is 4.99 Å². The van der Waals surface area contributed by atoms with Gasteiger partial charge in [-0.3, -0.25) is 4.90 Å². The predicted octanol–water partition coefficient (Wildman–Crippen LogP) is 8.85. The van der Waals surface area contributed by atoms with E-state index in [1.54, 1.807) is 36.6 Å². The first kappa shape index (κ1) is 40.2. The van der Waals surface area contributed by atoms with Crippen LogP contribution in [0.15, 0.2) is 65.7 Å². The molecule has 0 bridgehead atoms. The first-order chi connectivity index (χ1) is 26.3. The standard InChI is InChI=1S/C38H34F6N8O2S2/c1-35(2,3)54-34(53)50-17-15-49(16-18-50)26-9-11-27(12-10-26)52-33(56)51(28-8-6-24(22-46)30(20-28)38(42,43)44)31(36(52)13-4-14-36)48-32(55)47-25-7-5-23(21-45)29(19-25)37(39,40)41/h5-12,19-20H,4,13-18H2,1-3H3,(H,47,55)/b48-31-. The minimum absolute atomic E-state index is 0.0474. The van der Waals surface area contributed by atoms with E-state index in [-0.39, 0.29) is 33.5 Å². The number of carbonyl (C=O) groups is 1. The molecule has 18 heteroatoms. The van der Waals surface area contributed by atoms with Crippen molar-refractivity contribution in [3.63, 3.8) is 0 Å². The maximum atomic E-state index is 14.2. The summed E-state index contributed by atoms with van der Waals surface area (Å²) in [5.74, 6) is 0.149. The second kappa shape index (κ2) is 14.9. The molecule has 292 valence electrons. The van der Waals surface area contributed by atoms with Crippen molar-refractivity contribution in [2.75, 3.05) is 46.2 Å². The smallest absolute Gasteiger partial charge is 0.417 e. The summed E-state index contributed by atoms with van der Waals surface area (Å²) in [7, 11) is 0. The molecule has 1 saturated carbocycles. The number of nitriles is 2. The number of aliphatic imine (C=N–C) groups is 1. The number of thiocarbonyl (C=S) groups is 2. The molecule has 0 radical (unpaired) electrons. The molecule has 2 heterocycles. The highest BCUT2D eigenvalue weighted by Gasteiger charge is 2.58. The number of rotatable bonds is 4. The lowest BCUT2D eigenvalue weighted by atomic mass is 9.74. The Morgan fingerprint density at radius 3 is 1.88 bits per heavy atom. The van der Waals surface area contributed by atoms with E-state index in [0.717, 1.165) is 30.0 Å². The summed E-state index contributed by atoms with van der Waals surface area (Å²) in [5, 5.41) is 21.1. The highest BCUT2D eigenvalue weighted by molar-refractivity contribution is 7.81. The van der Waals surface area contributed by atoms with Gasteiger partial charge in [0.25, 0.3) is 0 Å². The molecule has 0 aromatic heterocycles. The fourth-order valence-corrected chi connectivity index (χ4v) is 7.55. The number of halogens is 6. The molecule has 1 aliphatic carbocycles. The van der Waals surface area contributed by atoms with Crippen LogP contribution >= 0.6 is 24.4 Å². The normalized spacial score (nSPS) is 17.8. The van der Waals surface area contributed by atoms with Gasteiger partial charge in [-0.15, -0.1) is 0 Å². The number of hydrogen-bond donors (Lipinski definition) is 1. The zero-order chi connectivity index (χ0) is 40.8. The number of nitrogens with zero attached hydrogens (tertiary/aromatic N) is 7. The van der Waals surface area contributed by atoms with Crippen LogP contribution in [0.5, 0.6) is 0 Å². The van der Waals surface area contributed by atoms with Gasteiger partial charge in [0.2, 0.25) is 0 Å². The van der Waals surface area contributed by atoms with E-state index in [2.05, 4.69) is 15.2 Å². The lowest BCUT2D eigenvalue weighted by Crippen LogP contribution is -2.55. The van der Waals surface area contributed by atoms with Crippen LogP contribution in [0.4, 0.5) is 53.9 Å². The van der Waals surface area contributed by atoms with Gasteiger partial charge in [-0.2, -0.15) is 36.9 Å².